The lowest BCUT2D eigenvalue weighted by Crippen LogP contribution is -2.45. The minimum Gasteiger partial charge on any atom is -0.481 e. The minimum absolute atomic E-state index is 0.122. The second-order valence-electron chi connectivity index (χ2n) is 5.67. The van der Waals surface area contributed by atoms with Gasteiger partial charge < -0.3 is 15.5 Å². The van der Waals surface area contributed by atoms with Crippen molar-refractivity contribution in [1.29, 1.82) is 0 Å². The molecule has 5 heteroatoms. The molecule has 0 radical (unpaired) electrons. The van der Waals surface area contributed by atoms with Crippen molar-refractivity contribution in [3.8, 4) is 0 Å². The maximum absolute atomic E-state index is 12.1. The molecule has 0 saturated heterocycles. The normalized spacial score (nSPS) is 29.3. The van der Waals surface area contributed by atoms with Gasteiger partial charge in [0, 0.05) is 0 Å². The molecule has 0 aromatic rings. The highest BCUT2D eigenvalue weighted by molar-refractivity contribution is 5.85. The molecule has 18 heavy (non-hydrogen) atoms. The fourth-order valence-corrected chi connectivity index (χ4v) is 2.57. The Kier molecular flexibility index (Phi) is 5.14. The first kappa shape index (κ1) is 15.0. The first-order valence-electron chi connectivity index (χ1n) is 6.50. The summed E-state index contributed by atoms with van der Waals surface area (Å²) in [5.41, 5.74) is 0. The summed E-state index contributed by atoms with van der Waals surface area (Å²) < 4.78 is 0. The topological polar surface area (TPSA) is 86.6 Å². The number of nitrogens with one attached hydrogen (secondary N) is 1. The second-order valence-corrected chi connectivity index (χ2v) is 5.67. The van der Waals surface area contributed by atoms with Crippen LogP contribution in [0.3, 0.4) is 0 Å². The van der Waals surface area contributed by atoms with Crippen LogP contribution in [0, 0.1) is 23.7 Å². The van der Waals surface area contributed by atoms with Crippen molar-refractivity contribution in [3.05, 3.63) is 0 Å². The van der Waals surface area contributed by atoms with Gasteiger partial charge in [-0.3, -0.25) is 9.59 Å². The number of hydrogen-bond acceptors (Lipinski definition) is 3. The quantitative estimate of drug-likeness (QED) is 0.682. The third-order valence-corrected chi connectivity index (χ3v) is 3.78. The Bertz CT molecular complexity index is 316. The number of rotatable bonds is 5. The van der Waals surface area contributed by atoms with Crippen LogP contribution in [0.1, 0.15) is 33.6 Å². The van der Waals surface area contributed by atoms with E-state index >= 15 is 0 Å². The highest BCUT2D eigenvalue weighted by atomic mass is 16.4. The molecule has 0 spiro atoms. The molecule has 3 N–H and O–H groups in total. The number of aliphatic carboxylic acids is 1. The summed E-state index contributed by atoms with van der Waals surface area (Å²) in [7, 11) is 0. The van der Waals surface area contributed by atoms with Crippen LogP contribution < -0.4 is 5.32 Å². The summed E-state index contributed by atoms with van der Waals surface area (Å²) in [6.45, 7) is 5.67. The van der Waals surface area contributed by atoms with E-state index in [9.17, 15) is 14.7 Å². The van der Waals surface area contributed by atoms with Crippen molar-refractivity contribution in [2.45, 2.75) is 39.7 Å². The molecule has 4 unspecified atom stereocenters. The molecule has 104 valence electrons. The summed E-state index contributed by atoms with van der Waals surface area (Å²) >= 11 is 0. The number of amides is 1. The van der Waals surface area contributed by atoms with Crippen LogP contribution in [-0.2, 0) is 9.59 Å². The van der Waals surface area contributed by atoms with Crippen LogP contribution in [0.5, 0.6) is 0 Å². The van der Waals surface area contributed by atoms with Crippen LogP contribution in [0.25, 0.3) is 0 Å². The first-order chi connectivity index (χ1) is 8.36. The zero-order chi connectivity index (χ0) is 13.9. The summed E-state index contributed by atoms with van der Waals surface area (Å²) in [6.07, 6.45) is 1.16. The Morgan fingerprint density at radius 3 is 2.28 bits per heavy atom. The highest BCUT2D eigenvalue weighted by Gasteiger charge is 2.41. The van der Waals surface area contributed by atoms with Gasteiger partial charge >= 0.3 is 5.97 Å². The van der Waals surface area contributed by atoms with Crippen molar-refractivity contribution in [2.75, 3.05) is 6.61 Å². The third-order valence-electron chi connectivity index (χ3n) is 3.78. The van der Waals surface area contributed by atoms with Crippen molar-refractivity contribution in [1.82, 2.24) is 5.32 Å². The Labute approximate surface area is 108 Å². The fourth-order valence-electron chi connectivity index (χ4n) is 2.57. The van der Waals surface area contributed by atoms with Gasteiger partial charge in [-0.25, -0.2) is 0 Å². The van der Waals surface area contributed by atoms with E-state index in [0.29, 0.717) is 12.8 Å². The van der Waals surface area contributed by atoms with E-state index in [-0.39, 0.29) is 30.4 Å². The molecule has 0 aromatic carbocycles. The highest BCUT2D eigenvalue weighted by Crippen LogP contribution is 2.36. The van der Waals surface area contributed by atoms with Crippen LogP contribution in [0.15, 0.2) is 0 Å². The zero-order valence-corrected chi connectivity index (χ0v) is 11.2. The van der Waals surface area contributed by atoms with Gasteiger partial charge in [-0.05, 0) is 24.7 Å². The van der Waals surface area contributed by atoms with Gasteiger partial charge in [0.1, 0.15) is 0 Å². The lowest BCUT2D eigenvalue weighted by molar-refractivity contribution is -0.146. The fraction of sp³-hybridized carbons (Fsp3) is 0.846. The van der Waals surface area contributed by atoms with E-state index in [0.717, 1.165) is 0 Å². The number of carbonyl (C=O) groups is 2. The molecule has 0 aromatic heterocycles. The van der Waals surface area contributed by atoms with Gasteiger partial charge in [-0.1, -0.05) is 20.8 Å². The lowest BCUT2D eigenvalue weighted by atomic mass is 9.94. The summed E-state index contributed by atoms with van der Waals surface area (Å²) in [5, 5.41) is 21.1. The molecular weight excluding hydrogens is 234 g/mol. The summed E-state index contributed by atoms with van der Waals surface area (Å²) in [4.78, 5) is 23.2. The average Bonchev–Trinajstić information content (AvgIpc) is 2.67. The monoisotopic (exact) mass is 257 g/mol. The van der Waals surface area contributed by atoms with E-state index in [1.165, 1.54) is 0 Å². The molecule has 1 amide bonds. The molecule has 0 heterocycles. The molecule has 1 rings (SSSR count). The van der Waals surface area contributed by atoms with E-state index in [1.54, 1.807) is 0 Å². The number of carboxylic acid groups (broad SMARTS) is 1. The first-order valence-corrected chi connectivity index (χ1v) is 6.50. The maximum Gasteiger partial charge on any atom is 0.307 e. The standard InChI is InChI=1S/C13H23NO4/c1-7(2)11(6-15)14-12(16)9-4-8(3)5-10(9)13(17)18/h7-11,15H,4-6H2,1-3H3,(H,14,16)(H,17,18). The van der Waals surface area contributed by atoms with E-state index in [4.69, 9.17) is 5.11 Å². The van der Waals surface area contributed by atoms with Gasteiger partial charge in [-0.15, -0.1) is 0 Å². The van der Waals surface area contributed by atoms with Gasteiger partial charge in [0.15, 0.2) is 0 Å². The van der Waals surface area contributed by atoms with Crippen LogP contribution in [0.4, 0.5) is 0 Å². The second kappa shape index (κ2) is 6.18. The van der Waals surface area contributed by atoms with E-state index < -0.39 is 17.8 Å². The van der Waals surface area contributed by atoms with Gasteiger partial charge in [0.2, 0.25) is 5.91 Å². The lowest BCUT2D eigenvalue weighted by Gasteiger charge is -2.23. The Morgan fingerprint density at radius 2 is 1.83 bits per heavy atom. The minimum atomic E-state index is -0.899. The van der Waals surface area contributed by atoms with Crippen molar-refractivity contribution in [3.63, 3.8) is 0 Å². The largest absolute Gasteiger partial charge is 0.481 e. The predicted molar refractivity (Wildman–Crippen MR) is 66.9 cm³/mol. The number of aliphatic hydroxyl groups is 1. The maximum atomic E-state index is 12.1. The Morgan fingerprint density at radius 1 is 1.28 bits per heavy atom. The molecule has 1 aliphatic rings. The smallest absolute Gasteiger partial charge is 0.307 e. The molecule has 0 aliphatic heterocycles. The zero-order valence-electron chi connectivity index (χ0n) is 11.2. The molecule has 5 nitrogen and oxygen atoms in total. The molecule has 1 fully saturated rings. The van der Waals surface area contributed by atoms with Crippen LogP contribution in [-0.4, -0.2) is 34.7 Å². The van der Waals surface area contributed by atoms with Gasteiger partial charge in [-0.2, -0.15) is 0 Å². The molecule has 4 atom stereocenters. The van der Waals surface area contributed by atoms with E-state index in [2.05, 4.69) is 5.32 Å². The number of hydrogen-bond donors (Lipinski definition) is 3. The molecule has 1 saturated carbocycles. The Balaban J connectivity index is 2.68. The number of carboxylic acids is 1. The van der Waals surface area contributed by atoms with Crippen LogP contribution >= 0.6 is 0 Å². The van der Waals surface area contributed by atoms with Crippen molar-refractivity contribution >= 4 is 11.9 Å². The van der Waals surface area contributed by atoms with Crippen molar-refractivity contribution < 1.29 is 19.8 Å². The van der Waals surface area contributed by atoms with Gasteiger partial charge in [0.05, 0.1) is 24.5 Å². The third kappa shape index (κ3) is 3.45. The molecule has 1 aliphatic carbocycles. The number of carbonyl (C=O) groups excluding carboxylic acids is 1. The van der Waals surface area contributed by atoms with Crippen LogP contribution in [0.2, 0.25) is 0 Å². The molecule has 0 bridgehead atoms. The van der Waals surface area contributed by atoms with E-state index in [1.807, 2.05) is 20.8 Å². The SMILES string of the molecule is CC1CC(C(=O)O)C(C(=O)NC(CO)C(C)C)C1. The summed E-state index contributed by atoms with van der Waals surface area (Å²) in [6, 6.07) is -0.303. The van der Waals surface area contributed by atoms with Crippen molar-refractivity contribution in [2.24, 2.45) is 23.7 Å². The summed E-state index contributed by atoms with van der Waals surface area (Å²) in [5.74, 6) is -1.81. The Hall–Kier alpha value is -1.10. The molecular formula is C13H23NO4. The average molecular weight is 257 g/mol. The predicted octanol–water partition coefficient (Wildman–Crippen LogP) is 0.866. The van der Waals surface area contributed by atoms with Gasteiger partial charge in [0.25, 0.3) is 0 Å². The number of aliphatic hydroxyl groups excluding tert-OH is 1.